The van der Waals surface area contributed by atoms with E-state index in [1.165, 1.54) is 21.2 Å². The molecule has 0 aliphatic rings. The molecule has 0 saturated heterocycles. The van der Waals surface area contributed by atoms with Crippen LogP contribution in [0.1, 0.15) is 23.1 Å². The number of halogens is 2. The van der Waals surface area contributed by atoms with Crippen molar-refractivity contribution in [2.24, 2.45) is 0 Å². The molecule has 0 N–H and O–H groups in total. The molecule has 0 atom stereocenters. The summed E-state index contributed by atoms with van der Waals surface area (Å²) < 4.78 is 1.43. The predicted molar refractivity (Wildman–Crippen MR) is 137 cm³/mol. The Morgan fingerprint density at radius 1 is 0.548 bits per heavy atom. The van der Waals surface area contributed by atoms with Crippen LogP contribution in [0.25, 0.3) is 11.1 Å². The Morgan fingerprint density at radius 3 is 1.55 bits per heavy atom. The summed E-state index contributed by atoms with van der Waals surface area (Å²) in [5.41, 5.74) is 6.17. The summed E-state index contributed by atoms with van der Waals surface area (Å²) in [5.74, 6) is 0. The monoisotopic (exact) mass is 508 g/mol. The molecule has 3 heteroatoms. The van der Waals surface area contributed by atoms with Gasteiger partial charge in [-0.1, -0.05) is 0 Å². The third-order valence-electron chi connectivity index (χ3n) is 5.05. The van der Waals surface area contributed by atoms with Gasteiger partial charge in [-0.3, -0.25) is 0 Å². The maximum atomic E-state index is 6.20. The topological polar surface area (TPSA) is 0 Å². The Bertz CT molecular complexity index is 1090. The molecule has 0 amide bonds. The number of allylic oxidation sites excluding steroid dienone is 1. The summed E-state index contributed by atoms with van der Waals surface area (Å²) in [6, 6.07) is 37.8. The van der Waals surface area contributed by atoms with Crippen LogP contribution in [0.15, 0.2) is 109 Å². The average Bonchev–Trinajstić information content (AvgIpc) is 2.82. The van der Waals surface area contributed by atoms with Gasteiger partial charge in [0.15, 0.2) is 0 Å². The van der Waals surface area contributed by atoms with Gasteiger partial charge in [0.25, 0.3) is 0 Å². The van der Waals surface area contributed by atoms with E-state index < -0.39 is 0 Å². The molecule has 0 spiro atoms. The fourth-order valence-electron chi connectivity index (χ4n) is 3.59. The van der Waals surface area contributed by atoms with Crippen molar-refractivity contribution in [1.82, 2.24) is 0 Å². The van der Waals surface area contributed by atoms with E-state index in [1.54, 1.807) is 0 Å². The third-order valence-corrected chi connectivity index (χ3v) is 7.68. The summed E-state index contributed by atoms with van der Waals surface area (Å²) in [5, 5.41) is 2.62. The van der Waals surface area contributed by atoms with Gasteiger partial charge in [0.05, 0.1) is 0 Å². The van der Waals surface area contributed by atoms with Crippen molar-refractivity contribution in [2.75, 3.05) is 0 Å². The minimum atomic E-state index is 0.423. The minimum absolute atomic E-state index is 0.423. The van der Waals surface area contributed by atoms with Crippen molar-refractivity contribution in [1.29, 1.82) is 0 Å². The van der Waals surface area contributed by atoms with E-state index in [4.69, 9.17) is 23.2 Å². The molecule has 4 aromatic carbocycles. The average molecular weight is 508 g/mol. The van der Waals surface area contributed by atoms with E-state index >= 15 is 0 Å². The molecule has 154 valence electrons. The summed E-state index contributed by atoms with van der Waals surface area (Å²) in [7, 11) is 0. The molecule has 4 rings (SSSR count). The standard InChI is InChI=1S/C28H22Cl2Se/c29-24-15-11-22(12-16-24)28(23-13-17-25(30)18-14-23)27(21-7-3-1-4-8-21)19-20-31-26-9-5-2-6-10-26/h1-18H,19-20H2. The normalized spacial score (nSPS) is 10.6. The first-order valence-electron chi connectivity index (χ1n) is 10.2. The molecular weight excluding hydrogens is 486 g/mol. The fraction of sp³-hybridized carbons (Fsp3) is 0.0714. The van der Waals surface area contributed by atoms with Crippen LogP contribution in [0, 0.1) is 0 Å². The van der Waals surface area contributed by atoms with E-state index in [2.05, 4.69) is 84.9 Å². The third kappa shape index (κ3) is 5.91. The van der Waals surface area contributed by atoms with Gasteiger partial charge in [-0.25, -0.2) is 0 Å². The SMILES string of the molecule is Clc1ccc(C(=C(CC[Se]c2ccccc2)c2ccccc2)c2ccc(Cl)cc2)cc1. The molecule has 0 fully saturated rings. The van der Waals surface area contributed by atoms with E-state index in [9.17, 15) is 0 Å². The molecule has 0 bridgehead atoms. The molecule has 4 aromatic rings. The van der Waals surface area contributed by atoms with E-state index in [0.717, 1.165) is 32.9 Å². The number of hydrogen-bond acceptors (Lipinski definition) is 0. The molecule has 31 heavy (non-hydrogen) atoms. The second kappa shape index (κ2) is 10.8. The van der Waals surface area contributed by atoms with Crippen LogP contribution in [0.4, 0.5) is 0 Å². The van der Waals surface area contributed by atoms with Crippen molar-refractivity contribution in [3.8, 4) is 0 Å². The van der Waals surface area contributed by atoms with Crippen molar-refractivity contribution < 1.29 is 0 Å². The molecule has 0 aliphatic carbocycles. The first-order chi connectivity index (χ1) is 15.2. The molecular formula is C28H22Cl2Se. The van der Waals surface area contributed by atoms with Gasteiger partial charge in [-0.15, -0.1) is 0 Å². The molecule has 0 unspecified atom stereocenters. The zero-order valence-corrected chi connectivity index (χ0v) is 20.2. The Kier molecular flexibility index (Phi) is 7.67. The summed E-state index contributed by atoms with van der Waals surface area (Å²) in [4.78, 5) is 0. The van der Waals surface area contributed by atoms with E-state index in [1.807, 2.05) is 24.3 Å². The van der Waals surface area contributed by atoms with E-state index in [-0.39, 0.29) is 0 Å². The Hall–Kier alpha value is -2.28. The van der Waals surface area contributed by atoms with Crippen molar-refractivity contribution >= 4 is 53.8 Å². The van der Waals surface area contributed by atoms with Crippen molar-refractivity contribution in [2.45, 2.75) is 11.7 Å². The summed E-state index contributed by atoms with van der Waals surface area (Å²) >= 11 is 12.8. The Morgan fingerprint density at radius 2 is 1.03 bits per heavy atom. The maximum absolute atomic E-state index is 6.20. The first kappa shape index (κ1) is 21.9. The van der Waals surface area contributed by atoms with Gasteiger partial charge >= 0.3 is 201 Å². The predicted octanol–water partition coefficient (Wildman–Crippen LogP) is 7.79. The van der Waals surface area contributed by atoms with Gasteiger partial charge in [-0.2, -0.15) is 0 Å². The molecule has 0 aromatic heterocycles. The van der Waals surface area contributed by atoms with Crippen LogP contribution in [0.2, 0.25) is 15.4 Å². The van der Waals surface area contributed by atoms with Crippen molar-refractivity contribution in [3.63, 3.8) is 0 Å². The molecule has 0 saturated carbocycles. The van der Waals surface area contributed by atoms with E-state index in [0.29, 0.717) is 15.0 Å². The second-order valence-electron chi connectivity index (χ2n) is 7.14. The van der Waals surface area contributed by atoms with Gasteiger partial charge in [0, 0.05) is 0 Å². The second-order valence-corrected chi connectivity index (χ2v) is 10.5. The number of hydrogen-bond donors (Lipinski definition) is 0. The fourth-order valence-corrected chi connectivity index (χ4v) is 5.71. The van der Waals surface area contributed by atoms with Crippen LogP contribution >= 0.6 is 23.2 Å². The van der Waals surface area contributed by atoms with Crippen LogP contribution < -0.4 is 4.46 Å². The molecule has 0 nitrogen and oxygen atoms in total. The Labute approximate surface area is 200 Å². The first-order valence-corrected chi connectivity index (χ1v) is 13.0. The van der Waals surface area contributed by atoms with Crippen LogP contribution in [0.5, 0.6) is 0 Å². The Balaban J connectivity index is 1.80. The van der Waals surface area contributed by atoms with Gasteiger partial charge in [0.2, 0.25) is 0 Å². The van der Waals surface area contributed by atoms with Gasteiger partial charge < -0.3 is 0 Å². The zero-order valence-electron chi connectivity index (χ0n) is 17.0. The van der Waals surface area contributed by atoms with Crippen LogP contribution in [-0.2, 0) is 0 Å². The molecule has 0 radical (unpaired) electrons. The number of benzene rings is 4. The van der Waals surface area contributed by atoms with Crippen LogP contribution in [-0.4, -0.2) is 15.0 Å². The quantitative estimate of drug-likeness (QED) is 0.177. The summed E-state index contributed by atoms with van der Waals surface area (Å²) in [6.07, 6.45) is 0.999. The molecule has 0 aliphatic heterocycles. The zero-order chi connectivity index (χ0) is 21.5. The van der Waals surface area contributed by atoms with Crippen molar-refractivity contribution in [3.05, 3.63) is 136 Å². The number of rotatable bonds is 7. The summed E-state index contributed by atoms with van der Waals surface area (Å²) in [6.45, 7) is 0. The van der Waals surface area contributed by atoms with Crippen LogP contribution in [0.3, 0.4) is 0 Å². The van der Waals surface area contributed by atoms with Gasteiger partial charge in [0.1, 0.15) is 0 Å². The van der Waals surface area contributed by atoms with Gasteiger partial charge in [-0.05, 0) is 0 Å². The molecule has 0 heterocycles.